The molecule has 0 radical (unpaired) electrons. The monoisotopic (exact) mass is 691 g/mol. The van der Waals surface area contributed by atoms with Gasteiger partial charge >= 0.3 is 12.1 Å². The molecular formula is C36H27BrF5N3O. The number of nitrogens with zero attached hydrogens (tertiary/aromatic N) is 2. The minimum atomic E-state index is -5.18. The molecule has 1 N–H and O–H groups in total. The van der Waals surface area contributed by atoms with Crippen molar-refractivity contribution in [1.29, 1.82) is 0 Å². The number of benzene rings is 5. The van der Waals surface area contributed by atoms with Gasteiger partial charge in [-0.05, 0) is 58.5 Å². The maximum Gasteiger partial charge on any atom is 0.471 e. The first-order valence-electron chi connectivity index (χ1n) is 13.8. The second-order valence-corrected chi connectivity index (χ2v) is 11.3. The number of anilines is 1. The minimum absolute atomic E-state index is 0. The van der Waals surface area contributed by atoms with E-state index in [1.54, 1.807) is 16.8 Å². The van der Waals surface area contributed by atoms with Crippen molar-refractivity contribution in [2.45, 2.75) is 25.6 Å². The summed E-state index contributed by atoms with van der Waals surface area (Å²) in [4.78, 5) is 12.3. The predicted octanol–water partition coefficient (Wildman–Crippen LogP) is 9.64. The molecule has 0 aliphatic carbocycles. The van der Waals surface area contributed by atoms with Crippen LogP contribution in [0.1, 0.15) is 35.2 Å². The van der Waals surface area contributed by atoms with Gasteiger partial charge in [0.15, 0.2) is 5.82 Å². The van der Waals surface area contributed by atoms with E-state index in [0.29, 0.717) is 21.1 Å². The molecule has 0 saturated carbocycles. The average molecular weight is 693 g/mol. The number of carbonyl (C=O) groups excluding carboxylic acids is 1. The summed E-state index contributed by atoms with van der Waals surface area (Å²) in [5, 5.41) is 6.88. The fraction of sp³-hybridized carbons (Fsp3) is 0.111. The highest BCUT2D eigenvalue weighted by atomic mass is 79.9. The van der Waals surface area contributed by atoms with Gasteiger partial charge in [-0.1, -0.05) is 114 Å². The maximum atomic E-state index is 14.0. The minimum Gasteiger partial charge on any atom is -0.301 e. The van der Waals surface area contributed by atoms with Crippen LogP contribution in [0.15, 0.2) is 126 Å². The van der Waals surface area contributed by atoms with Crippen LogP contribution >= 0.6 is 15.9 Å². The number of nitrogens with one attached hydrogen (secondary N) is 1. The molecule has 1 heterocycles. The number of fused-ring (bicyclic) bond motifs is 1. The van der Waals surface area contributed by atoms with E-state index in [1.807, 2.05) is 96.3 Å². The fourth-order valence-corrected chi connectivity index (χ4v) is 6.15. The van der Waals surface area contributed by atoms with Crippen LogP contribution in [0, 0.1) is 11.6 Å². The number of halogens is 6. The Balaban J connectivity index is 0.00000417. The quantitative estimate of drug-likeness (QED) is 0.134. The Bertz CT molecular complexity index is 1880. The molecule has 0 bridgehead atoms. The van der Waals surface area contributed by atoms with E-state index in [9.17, 15) is 26.7 Å². The zero-order valence-corrected chi connectivity index (χ0v) is 24.9. The Morgan fingerprint density at radius 1 is 0.739 bits per heavy atom. The summed E-state index contributed by atoms with van der Waals surface area (Å²) in [6.45, 7) is 0. The normalized spacial score (nSPS) is 11.7. The van der Waals surface area contributed by atoms with E-state index < -0.39 is 29.3 Å². The third-order valence-electron chi connectivity index (χ3n) is 7.55. The van der Waals surface area contributed by atoms with Crippen LogP contribution < -0.4 is 5.32 Å². The SMILES string of the molecule is C.O=C(Nc1nn(C(c2ccccc2)(c2ccccc2)c2ccccc2)c2cc(Br)c(Cc3cc(F)cc(F)c3)cc12)C(F)(F)F. The highest BCUT2D eigenvalue weighted by Gasteiger charge is 2.43. The molecule has 0 aliphatic heterocycles. The van der Waals surface area contributed by atoms with Crippen molar-refractivity contribution in [3.8, 4) is 0 Å². The number of carbonyl (C=O) groups is 1. The molecule has 0 saturated heterocycles. The first-order valence-corrected chi connectivity index (χ1v) is 14.6. The Hall–Kier alpha value is -4.83. The summed E-state index contributed by atoms with van der Waals surface area (Å²) in [5.74, 6) is -4.02. The lowest BCUT2D eigenvalue weighted by Crippen LogP contribution is -2.38. The van der Waals surface area contributed by atoms with Gasteiger partial charge in [0, 0.05) is 15.9 Å². The van der Waals surface area contributed by atoms with Crippen LogP contribution in [-0.4, -0.2) is 21.9 Å². The zero-order chi connectivity index (χ0) is 31.8. The zero-order valence-electron chi connectivity index (χ0n) is 23.3. The molecule has 4 nitrogen and oxygen atoms in total. The van der Waals surface area contributed by atoms with Crippen molar-refractivity contribution in [1.82, 2.24) is 9.78 Å². The summed E-state index contributed by atoms with van der Waals surface area (Å²) in [7, 11) is 0. The number of amides is 1. The van der Waals surface area contributed by atoms with Crippen LogP contribution in [0.25, 0.3) is 10.9 Å². The number of hydrogen-bond donors (Lipinski definition) is 1. The Kier molecular flexibility index (Phi) is 9.12. The van der Waals surface area contributed by atoms with E-state index in [0.717, 1.165) is 22.8 Å². The van der Waals surface area contributed by atoms with Gasteiger partial charge in [0.2, 0.25) is 0 Å². The van der Waals surface area contributed by atoms with Crippen LogP contribution in [0.3, 0.4) is 0 Å². The van der Waals surface area contributed by atoms with Crippen molar-refractivity contribution in [3.05, 3.63) is 165 Å². The summed E-state index contributed by atoms with van der Waals surface area (Å²) < 4.78 is 70.8. The molecule has 0 aliphatic rings. The highest BCUT2D eigenvalue weighted by molar-refractivity contribution is 9.10. The van der Waals surface area contributed by atoms with Gasteiger partial charge in [0.05, 0.1) is 5.52 Å². The topological polar surface area (TPSA) is 46.9 Å². The van der Waals surface area contributed by atoms with Crippen LogP contribution in [0.2, 0.25) is 0 Å². The van der Waals surface area contributed by atoms with E-state index >= 15 is 0 Å². The maximum absolute atomic E-state index is 14.0. The molecule has 6 aromatic rings. The van der Waals surface area contributed by atoms with Gasteiger partial charge in [0.1, 0.15) is 17.2 Å². The van der Waals surface area contributed by atoms with Crippen molar-refractivity contribution in [3.63, 3.8) is 0 Å². The van der Waals surface area contributed by atoms with Gasteiger partial charge < -0.3 is 5.32 Å². The van der Waals surface area contributed by atoms with Crippen molar-refractivity contribution < 1.29 is 26.7 Å². The molecule has 5 aromatic carbocycles. The summed E-state index contributed by atoms with van der Waals surface area (Å²) in [6.07, 6.45) is -5.13. The van der Waals surface area contributed by atoms with Crippen LogP contribution in [-0.2, 0) is 16.8 Å². The van der Waals surface area contributed by atoms with E-state index in [-0.39, 0.29) is 25.1 Å². The first kappa shape index (κ1) is 32.6. The first-order chi connectivity index (χ1) is 21.6. The molecule has 1 amide bonds. The van der Waals surface area contributed by atoms with Crippen LogP contribution in [0.4, 0.5) is 27.8 Å². The van der Waals surface area contributed by atoms with Crippen molar-refractivity contribution in [2.24, 2.45) is 0 Å². The van der Waals surface area contributed by atoms with Crippen molar-refractivity contribution in [2.75, 3.05) is 5.32 Å². The molecule has 10 heteroatoms. The second-order valence-electron chi connectivity index (χ2n) is 10.4. The molecule has 0 spiro atoms. The molecule has 0 unspecified atom stereocenters. The molecule has 0 fully saturated rings. The predicted molar refractivity (Wildman–Crippen MR) is 173 cm³/mol. The Labute approximate surface area is 270 Å². The molecule has 6 rings (SSSR count). The summed E-state index contributed by atoms with van der Waals surface area (Å²) in [5.41, 5.74) is 2.29. The van der Waals surface area contributed by atoms with Gasteiger partial charge in [-0.15, -0.1) is 0 Å². The lowest BCUT2D eigenvalue weighted by molar-refractivity contribution is -0.167. The standard InChI is InChI=1S/C35H23BrF5N3O.CH4/c36-30-21-31-29(19-23(30)16-22-17-27(37)20-28(38)18-22)32(42-33(45)35(39,40)41)43-44(31)34(24-10-4-1-5-11-24,25-12-6-2-7-13-25)26-14-8-3-9-15-26;/h1-15,17-21H,16H2,(H,42,43,45);1H4. The highest BCUT2D eigenvalue weighted by Crippen LogP contribution is 2.44. The lowest BCUT2D eigenvalue weighted by atomic mass is 9.77. The van der Waals surface area contributed by atoms with Gasteiger partial charge in [-0.25, -0.2) is 13.5 Å². The molecule has 234 valence electrons. The smallest absolute Gasteiger partial charge is 0.301 e. The Morgan fingerprint density at radius 3 is 1.67 bits per heavy atom. The second kappa shape index (κ2) is 12.9. The van der Waals surface area contributed by atoms with E-state index in [4.69, 9.17) is 5.10 Å². The molecule has 0 atom stereocenters. The molecule has 46 heavy (non-hydrogen) atoms. The summed E-state index contributed by atoms with van der Waals surface area (Å²) in [6, 6.07) is 34.6. The Morgan fingerprint density at radius 2 is 1.22 bits per heavy atom. The third kappa shape index (κ3) is 6.04. The van der Waals surface area contributed by atoms with E-state index in [2.05, 4.69) is 15.9 Å². The fourth-order valence-electron chi connectivity index (χ4n) is 5.68. The molecular weight excluding hydrogens is 665 g/mol. The third-order valence-corrected chi connectivity index (χ3v) is 8.28. The average Bonchev–Trinajstić information content (AvgIpc) is 3.35. The van der Waals surface area contributed by atoms with Gasteiger partial charge in [0.25, 0.3) is 0 Å². The lowest BCUT2D eigenvalue weighted by Gasteiger charge is -2.37. The number of aromatic nitrogens is 2. The van der Waals surface area contributed by atoms with Crippen molar-refractivity contribution >= 4 is 38.6 Å². The van der Waals surface area contributed by atoms with Crippen LogP contribution in [0.5, 0.6) is 0 Å². The van der Waals surface area contributed by atoms with Gasteiger partial charge in [-0.2, -0.15) is 18.3 Å². The van der Waals surface area contributed by atoms with Gasteiger partial charge in [-0.3, -0.25) is 4.79 Å². The largest absolute Gasteiger partial charge is 0.471 e. The number of hydrogen-bond acceptors (Lipinski definition) is 2. The number of alkyl halides is 3. The number of rotatable bonds is 7. The molecule has 1 aromatic heterocycles. The van der Waals surface area contributed by atoms with E-state index in [1.165, 1.54) is 12.1 Å². The summed E-state index contributed by atoms with van der Waals surface area (Å²) >= 11 is 3.58.